The van der Waals surface area contributed by atoms with Crippen LogP contribution in [0.5, 0.6) is 0 Å². The van der Waals surface area contributed by atoms with Crippen molar-refractivity contribution >= 4 is 25.4 Å². The molecule has 0 spiro atoms. The van der Waals surface area contributed by atoms with E-state index in [0.717, 1.165) is 25.1 Å². The molecule has 3 nitrogen and oxygen atoms in total. The Bertz CT molecular complexity index is 392. The first kappa shape index (κ1) is 13.3. The van der Waals surface area contributed by atoms with Gasteiger partial charge in [-0.1, -0.05) is 24.6 Å². The van der Waals surface area contributed by atoms with Crippen LogP contribution in [0, 0.1) is 0 Å². The number of rotatable bonds is 7. The first-order valence-electron chi connectivity index (χ1n) is 5.29. The molecule has 0 radical (unpaired) electrons. The summed E-state index contributed by atoms with van der Waals surface area (Å²) in [5, 5.41) is 3.26. The molecule has 0 heterocycles. The molecule has 0 bridgehead atoms. The number of hydrogen-bond donors (Lipinski definition) is 1. The molecule has 16 heavy (non-hydrogen) atoms. The van der Waals surface area contributed by atoms with Gasteiger partial charge in [0, 0.05) is 22.9 Å². The largest absolute Gasteiger partial charge is 0.385 e. The van der Waals surface area contributed by atoms with Gasteiger partial charge >= 0.3 is 0 Å². The first-order valence-corrected chi connectivity index (χ1v) is 7.77. The minimum Gasteiger partial charge on any atom is -0.385 e. The average Bonchev–Trinajstić information content (AvgIpc) is 2.23. The Hall–Kier alpha value is -0.740. The lowest BCUT2D eigenvalue weighted by Crippen LogP contribution is -2.02. The Morgan fingerprint density at radius 3 is 2.38 bits per heavy atom. The van der Waals surface area contributed by atoms with Gasteiger partial charge in [0.15, 0.2) is 0 Å². The molecule has 0 saturated heterocycles. The summed E-state index contributed by atoms with van der Waals surface area (Å²) in [6.45, 7) is 0.854. The van der Waals surface area contributed by atoms with Crippen LogP contribution in [0.2, 0.25) is 0 Å². The molecule has 0 aliphatic rings. The molecule has 0 saturated carbocycles. The van der Waals surface area contributed by atoms with Crippen molar-refractivity contribution in [3.05, 3.63) is 30.3 Å². The van der Waals surface area contributed by atoms with Gasteiger partial charge in [-0.25, -0.2) is 8.42 Å². The van der Waals surface area contributed by atoms with Crippen molar-refractivity contribution in [3.8, 4) is 0 Å². The van der Waals surface area contributed by atoms with E-state index in [4.69, 9.17) is 10.7 Å². The predicted octanol–water partition coefficient (Wildman–Crippen LogP) is 2.84. The quantitative estimate of drug-likeness (QED) is 0.606. The molecule has 0 amide bonds. The van der Waals surface area contributed by atoms with E-state index in [1.165, 1.54) is 0 Å². The highest BCUT2D eigenvalue weighted by molar-refractivity contribution is 8.13. The summed E-state index contributed by atoms with van der Waals surface area (Å²) in [7, 11) is 1.79. The van der Waals surface area contributed by atoms with E-state index in [1.54, 1.807) is 0 Å². The SMILES string of the molecule is O=S(=O)(Cl)CCCCCNc1ccccc1. The zero-order chi connectivity index (χ0) is 11.9. The van der Waals surface area contributed by atoms with Gasteiger partial charge in [-0.2, -0.15) is 0 Å². The number of unbranched alkanes of at least 4 members (excludes halogenated alkanes) is 2. The number of halogens is 1. The normalized spacial score (nSPS) is 11.3. The fraction of sp³-hybridized carbons (Fsp3) is 0.455. The van der Waals surface area contributed by atoms with E-state index in [-0.39, 0.29) is 5.75 Å². The summed E-state index contributed by atoms with van der Waals surface area (Å²) < 4.78 is 21.3. The van der Waals surface area contributed by atoms with Crippen molar-refractivity contribution in [3.63, 3.8) is 0 Å². The lowest BCUT2D eigenvalue weighted by molar-refractivity contribution is 0.604. The van der Waals surface area contributed by atoms with Gasteiger partial charge in [0.1, 0.15) is 0 Å². The molecule has 0 atom stereocenters. The zero-order valence-corrected chi connectivity index (χ0v) is 10.6. The van der Waals surface area contributed by atoms with Gasteiger partial charge < -0.3 is 5.32 Å². The van der Waals surface area contributed by atoms with Crippen LogP contribution in [0.4, 0.5) is 5.69 Å². The van der Waals surface area contributed by atoms with Crippen LogP contribution in [-0.4, -0.2) is 20.7 Å². The third kappa shape index (κ3) is 6.69. The zero-order valence-electron chi connectivity index (χ0n) is 9.02. The number of para-hydroxylation sites is 1. The van der Waals surface area contributed by atoms with Gasteiger partial charge in [0.2, 0.25) is 9.05 Å². The molecule has 1 rings (SSSR count). The molecule has 1 N–H and O–H groups in total. The van der Waals surface area contributed by atoms with E-state index >= 15 is 0 Å². The minimum atomic E-state index is -3.31. The number of nitrogens with one attached hydrogen (secondary N) is 1. The molecule has 0 aliphatic carbocycles. The maximum absolute atomic E-state index is 10.6. The summed E-state index contributed by atoms with van der Waals surface area (Å²) in [4.78, 5) is 0. The molecular formula is C11H16ClNO2S. The molecule has 0 unspecified atom stereocenters. The summed E-state index contributed by atoms with van der Waals surface area (Å²) in [5.41, 5.74) is 1.09. The Kier molecular flexibility index (Phi) is 5.63. The van der Waals surface area contributed by atoms with Crippen LogP contribution in [0.3, 0.4) is 0 Å². The highest BCUT2D eigenvalue weighted by Crippen LogP contribution is 2.07. The molecule has 0 aromatic heterocycles. The molecule has 1 aromatic carbocycles. The number of benzene rings is 1. The van der Waals surface area contributed by atoms with E-state index < -0.39 is 9.05 Å². The highest BCUT2D eigenvalue weighted by atomic mass is 35.7. The molecule has 90 valence electrons. The second-order valence-electron chi connectivity index (χ2n) is 3.60. The predicted molar refractivity (Wildman–Crippen MR) is 68.4 cm³/mol. The average molecular weight is 262 g/mol. The molecule has 0 fully saturated rings. The Morgan fingerprint density at radius 1 is 1.06 bits per heavy atom. The molecule has 1 aromatic rings. The summed E-state index contributed by atoms with van der Waals surface area (Å²) in [6.07, 6.45) is 2.44. The van der Waals surface area contributed by atoms with Crippen molar-refractivity contribution in [1.82, 2.24) is 0 Å². The third-order valence-corrected chi connectivity index (χ3v) is 3.41. The van der Waals surface area contributed by atoms with Crippen molar-refractivity contribution < 1.29 is 8.42 Å². The van der Waals surface area contributed by atoms with Crippen LogP contribution in [-0.2, 0) is 9.05 Å². The van der Waals surface area contributed by atoms with Gasteiger partial charge in [-0.15, -0.1) is 0 Å². The molecule has 0 aliphatic heterocycles. The first-order chi connectivity index (χ1) is 7.58. The van der Waals surface area contributed by atoms with Crippen LogP contribution in [0.15, 0.2) is 30.3 Å². The van der Waals surface area contributed by atoms with Crippen LogP contribution in [0.25, 0.3) is 0 Å². The lowest BCUT2D eigenvalue weighted by Gasteiger charge is -2.05. The fourth-order valence-electron chi connectivity index (χ4n) is 1.36. The minimum absolute atomic E-state index is 0.0693. The van der Waals surface area contributed by atoms with Crippen LogP contribution in [0.1, 0.15) is 19.3 Å². The van der Waals surface area contributed by atoms with E-state index in [0.29, 0.717) is 6.42 Å². The lowest BCUT2D eigenvalue weighted by atomic mass is 10.2. The van der Waals surface area contributed by atoms with Crippen LogP contribution >= 0.6 is 10.7 Å². The number of anilines is 1. The maximum Gasteiger partial charge on any atom is 0.232 e. The Labute approximate surface area is 101 Å². The summed E-state index contributed by atoms with van der Waals surface area (Å²) in [5.74, 6) is 0.0693. The standard InChI is InChI=1S/C11H16ClNO2S/c12-16(14,15)10-6-2-5-9-13-11-7-3-1-4-8-11/h1,3-4,7-8,13H,2,5-6,9-10H2. The monoisotopic (exact) mass is 261 g/mol. The Balaban J connectivity index is 2.05. The van der Waals surface area contributed by atoms with E-state index in [2.05, 4.69) is 5.32 Å². The second-order valence-corrected chi connectivity index (χ2v) is 6.49. The fourth-order valence-corrected chi connectivity index (χ4v) is 2.24. The van der Waals surface area contributed by atoms with E-state index in [1.807, 2.05) is 30.3 Å². The van der Waals surface area contributed by atoms with Gasteiger partial charge in [-0.3, -0.25) is 0 Å². The highest BCUT2D eigenvalue weighted by Gasteiger charge is 2.03. The second kappa shape index (κ2) is 6.76. The topological polar surface area (TPSA) is 46.2 Å². The van der Waals surface area contributed by atoms with Crippen molar-refractivity contribution in [2.45, 2.75) is 19.3 Å². The molecule has 5 heteroatoms. The van der Waals surface area contributed by atoms with Gasteiger partial charge in [0.05, 0.1) is 5.75 Å². The van der Waals surface area contributed by atoms with Gasteiger partial charge in [-0.05, 0) is 25.0 Å². The number of hydrogen-bond acceptors (Lipinski definition) is 3. The van der Waals surface area contributed by atoms with Crippen molar-refractivity contribution in [2.75, 3.05) is 17.6 Å². The van der Waals surface area contributed by atoms with E-state index in [9.17, 15) is 8.42 Å². The maximum atomic E-state index is 10.6. The molecular weight excluding hydrogens is 246 g/mol. The van der Waals surface area contributed by atoms with Gasteiger partial charge in [0.25, 0.3) is 0 Å². The van der Waals surface area contributed by atoms with Crippen LogP contribution < -0.4 is 5.32 Å². The smallest absolute Gasteiger partial charge is 0.232 e. The third-order valence-electron chi connectivity index (χ3n) is 2.17. The van der Waals surface area contributed by atoms with Crippen molar-refractivity contribution in [2.24, 2.45) is 0 Å². The summed E-state index contributed by atoms with van der Waals surface area (Å²) >= 11 is 0. The summed E-state index contributed by atoms with van der Waals surface area (Å²) in [6, 6.07) is 9.92. The Morgan fingerprint density at radius 2 is 1.75 bits per heavy atom. The van der Waals surface area contributed by atoms with Crippen molar-refractivity contribution in [1.29, 1.82) is 0 Å².